The largest absolute Gasteiger partial charge is 0.508 e. The lowest BCUT2D eigenvalue weighted by atomic mass is 9.99. The van der Waals surface area contributed by atoms with Crippen LogP contribution in [-0.4, -0.2) is 37.3 Å². The molecule has 0 bridgehead atoms. The molecule has 2 aromatic rings. The van der Waals surface area contributed by atoms with E-state index in [1.807, 2.05) is 24.3 Å². The summed E-state index contributed by atoms with van der Waals surface area (Å²) < 4.78 is 11.8. The average molecular weight is 404 g/mol. The second-order valence-corrected chi connectivity index (χ2v) is 6.91. The molecule has 3 rings (SSSR count). The highest BCUT2D eigenvalue weighted by Gasteiger charge is 2.16. The Bertz CT molecular complexity index is 771. The van der Waals surface area contributed by atoms with Crippen molar-refractivity contribution < 1.29 is 14.6 Å². The van der Waals surface area contributed by atoms with E-state index in [0.29, 0.717) is 5.75 Å². The Kier molecular flexibility index (Phi) is 5.66. The molecule has 1 aliphatic heterocycles. The van der Waals surface area contributed by atoms with Gasteiger partial charge in [0.05, 0.1) is 14.2 Å². The minimum atomic E-state index is 0.306. The zero-order valence-electron chi connectivity index (χ0n) is 14.5. The van der Waals surface area contributed by atoms with E-state index in [4.69, 9.17) is 9.47 Å². The number of benzene rings is 2. The van der Waals surface area contributed by atoms with E-state index in [1.165, 1.54) is 16.7 Å². The van der Waals surface area contributed by atoms with Crippen molar-refractivity contribution in [2.45, 2.75) is 13.0 Å². The van der Waals surface area contributed by atoms with Gasteiger partial charge in [0.25, 0.3) is 0 Å². The van der Waals surface area contributed by atoms with Gasteiger partial charge in [-0.05, 0) is 47.4 Å². The van der Waals surface area contributed by atoms with Crippen molar-refractivity contribution in [2.24, 2.45) is 0 Å². The number of hydrogen-bond acceptors (Lipinski definition) is 4. The fraction of sp³-hybridized carbons (Fsp3) is 0.300. The minimum Gasteiger partial charge on any atom is -0.508 e. The van der Waals surface area contributed by atoms with E-state index in [9.17, 15) is 5.11 Å². The summed E-state index contributed by atoms with van der Waals surface area (Å²) in [6.45, 7) is 2.74. The molecule has 0 aromatic heterocycles. The number of aromatic hydroxyl groups is 1. The Morgan fingerprint density at radius 3 is 2.36 bits per heavy atom. The molecule has 0 unspecified atom stereocenters. The summed E-state index contributed by atoms with van der Waals surface area (Å²) in [7, 11) is 3.30. The van der Waals surface area contributed by atoms with Crippen LogP contribution in [0.5, 0.6) is 17.2 Å². The van der Waals surface area contributed by atoms with Crippen LogP contribution < -0.4 is 9.47 Å². The number of methoxy groups -OCH3 is 2. The molecule has 1 heterocycles. The van der Waals surface area contributed by atoms with Gasteiger partial charge in [0, 0.05) is 24.1 Å². The number of rotatable bonds is 5. The van der Waals surface area contributed by atoms with E-state index >= 15 is 0 Å². The number of phenolic OH excluding ortho intramolecular Hbond substituents is 1. The molecule has 0 atom stereocenters. The Morgan fingerprint density at radius 1 is 1.08 bits per heavy atom. The van der Waals surface area contributed by atoms with Gasteiger partial charge in [-0.2, -0.15) is 0 Å². The summed E-state index contributed by atoms with van der Waals surface area (Å²) in [5.41, 5.74) is 3.70. The number of halogens is 1. The predicted molar refractivity (Wildman–Crippen MR) is 103 cm³/mol. The molecular weight excluding hydrogens is 382 g/mol. The van der Waals surface area contributed by atoms with E-state index in [0.717, 1.165) is 42.0 Å². The minimum absolute atomic E-state index is 0.306. The maximum atomic E-state index is 9.42. The molecule has 4 nitrogen and oxygen atoms in total. The molecule has 1 aliphatic rings. The molecule has 25 heavy (non-hydrogen) atoms. The number of phenols is 1. The highest BCUT2D eigenvalue weighted by atomic mass is 79.9. The van der Waals surface area contributed by atoms with Crippen LogP contribution in [-0.2, 0) is 6.54 Å². The quantitative estimate of drug-likeness (QED) is 0.799. The molecule has 1 N–H and O–H groups in total. The van der Waals surface area contributed by atoms with Crippen LogP contribution in [0.2, 0.25) is 0 Å². The van der Waals surface area contributed by atoms with E-state index in [2.05, 4.69) is 26.9 Å². The first-order chi connectivity index (χ1) is 12.1. The maximum absolute atomic E-state index is 9.42. The molecule has 0 amide bonds. The fourth-order valence-electron chi connectivity index (χ4n) is 3.05. The summed E-state index contributed by atoms with van der Waals surface area (Å²) in [6.07, 6.45) is 3.26. The van der Waals surface area contributed by atoms with E-state index in [-0.39, 0.29) is 0 Å². The predicted octanol–water partition coefficient (Wildman–Crippen LogP) is 4.46. The van der Waals surface area contributed by atoms with Crippen LogP contribution in [0.4, 0.5) is 0 Å². The Balaban J connectivity index is 1.70. The van der Waals surface area contributed by atoms with Crippen LogP contribution in [0.25, 0.3) is 5.57 Å². The van der Waals surface area contributed by atoms with E-state index in [1.54, 1.807) is 26.4 Å². The first-order valence-electron chi connectivity index (χ1n) is 8.22. The third-order valence-electron chi connectivity index (χ3n) is 4.48. The second-order valence-electron chi connectivity index (χ2n) is 6.06. The molecule has 0 radical (unpaired) electrons. The van der Waals surface area contributed by atoms with Gasteiger partial charge in [0.15, 0.2) is 11.5 Å². The summed E-state index contributed by atoms with van der Waals surface area (Å²) in [6, 6.07) is 11.4. The molecule has 0 spiro atoms. The third kappa shape index (κ3) is 4.17. The van der Waals surface area contributed by atoms with Gasteiger partial charge in [-0.3, -0.25) is 4.90 Å². The lowest BCUT2D eigenvalue weighted by Crippen LogP contribution is -2.28. The number of ether oxygens (including phenoxy) is 2. The monoisotopic (exact) mass is 403 g/mol. The van der Waals surface area contributed by atoms with Gasteiger partial charge in [0.2, 0.25) is 0 Å². The molecule has 0 saturated carbocycles. The fourth-order valence-corrected chi connectivity index (χ4v) is 3.50. The lowest BCUT2D eigenvalue weighted by Gasteiger charge is -2.27. The van der Waals surface area contributed by atoms with Crippen LogP contribution >= 0.6 is 15.9 Å². The third-order valence-corrected chi connectivity index (χ3v) is 5.22. The van der Waals surface area contributed by atoms with Crippen LogP contribution in [0, 0.1) is 0 Å². The number of nitrogens with zero attached hydrogens (tertiary/aromatic N) is 1. The Labute approximate surface area is 156 Å². The van der Waals surface area contributed by atoms with E-state index < -0.39 is 0 Å². The Hall–Kier alpha value is -1.98. The first kappa shape index (κ1) is 17.8. The molecule has 0 aliphatic carbocycles. The van der Waals surface area contributed by atoms with Crippen molar-refractivity contribution >= 4 is 21.5 Å². The highest BCUT2D eigenvalue weighted by Crippen LogP contribution is 2.34. The summed E-state index contributed by atoms with van der Waals surface area (Å²) in [5, 5.41) is 9.42. The van der Waals surface area contributed by atoms with Crippen molar-refractivity contribution in [1.29, 1.82) is 0 Å². The lowest BCUT2D eigenvalue weighted by molar-refractivity contribution is 0.292. The molecule has 2 aromatic carbocycles. The normalized spacial score (nSPS) is 14.9. The van der Waals surface area contributed by atoms with Crippen molar-refractivity contribution in [3.8, 4) is 17.2 Å². The molecule has 0 fully saturated rings. The van der Waals surface area contributed by atoms with Gasteiger partial charge in [-0.1, -0.05) is 34.1 Å². The highest BCUT2D eigenvalue weighted by molar-refractivity contribution is 9.10. The zero-order valence-corrected chi connectivity index (χ0v) is 16.0. The van der Waals surface area contributed by atoms with Crippen molar-refractivity contribution in [2.75, 3.05) is 27.3 Å². The van der Waals surface area contributed by atoms with Gasteiger partial charge < -0.3 is 14.6 Å². The van der Waals surface area contributed by atoms with Crippen molar-refractivity contribution in [3.05, 3.63) is 58.1 Å². The smallest absolute Gasteiger partial charge is 0.161 e. The second kappa shape index (κ2) is 7.93. The van der Waals surface area contributed by atoms with Gasteiger partial charge in [-0.15, -0.1) is 0 Å². The number of hydrogen-bond donors (Lipinski definition) is 1. The summed E-state index contributed by atoms with van der Waals surface area (Å²) in [4.78, 5) is 2.40. The first-order valence-corrected chi connectivity index (χ1v) is 9.01. The molecule has 132 valence electrons. The van der Waals surface area contributed by atoms with Crippen LogP contribution in [0.15, 0.2) is 46.9 Å². The topological polar surface area (TPSA) is 41.9 Å². The Morgan fingerprint density at radius 2 is 1.76 bits per heavy atom. The van der Waals surface area contributed by atoms with Crippen molar-refractivity contribution in [3.63, 3.8) is 0 Å². The van der Waals surface area contributed by atoms with Gasteiger partial charge in [0.1, 0.15) is 5.75 Å². The van der Waals surface area contributed by atoms with Gasteiger partial charge in [-0.25, -0.2) is 0 Å². The van der Waals surface area contributed by atoms with Crippen molar-refractivity contribution in [1.82, 2.24) is 4.90 Å². The molecule has 5 heteroatoms. The zero-order chi connectivity index (χ0) is 17.8. The summed E-state index contributed by atoms with van der Waals surface area (Å²) >= 11 is 3.63. The average Bonchev–Trinajstić information content (AvgIpc) is 2.64. The van der Waals surface area contributed by atoms with Gasteiger partial charge >= 0.3 is 0 Å². The summed E-state index contributed by atoms with van der Waals surface area (Å²) in [5.74, 6) is 1.78. The van der Waals surface area contributed by atoms with Crippen LogP contribution in [0.3, 0.4) is 0 Å². The van der Waals surface area contributed by atoms with Crippen LogP contribution in [0.1, 0.15) is 17.5 Å². The molecular formula is C20H22BrNO3. The standard InChI is InChI=1S/C20H22BrNO3/c1-24-19-11-16(18(21)12-20(19)25-2)13-22-9-7-15(8-10-22)14-3-5-17(23)6-4-14/h3-7,11-12,23H,8-10,13H2,1-2H3. The maximum Gasteiger partial charge on any atom is 0.161 e. The SMILES string of the molecule is COc1cc(Br)c(CN2CC=C(c3ccc(O)cc3)CC2)cc1OC. The molecule has 0 saturated heterocycles.